The van der Waals surface area contributed by atoms with E-state index < -0.39 is 0 Å². The number of amides is 1. The number of aromatic amines is 1. The lowest BCUT2D eigenvalue weighted by Gasteiger charge is -2.33. The lowest BCUT2D eigenvalue weighted by Crippen LogP contribution is -2.37. The van der Waals surface area contributed by atoms with Crippen molar-refractivity contribution in [3.05, 3.63) is 94.9 Å². The molecule has 5 aromatic rings. The van der Waals surface area contributed by atoms with Crippen LogP contribution >= 0.6 is 0 Å². The van der Waals surface area contributed by atoms with Gasteiger partial charge >= 0.3 is 5.69 Å². The summed E-state index contributed by atoms with van der Waals surface area (Å²) in [7, 11) is 0. The molecule has 37 heavy (non-hydrogen) atoms. The molecule has 0 aliphatic carbocycles. The minimum absolute atomic E-state index is 0.0595. The minimum Gasteiger partial charge on any atom is -0.431 e. The van der Waals surface area contributed by atoms with Crippen LogP contribution in [0.25, 0.3) is 22.5 Å². The van der Waals surface area contributed by atoms with Crippen LogP contribution in [0, 0.1) is 6.92 Å². The highest BCUT2D eigenvalue weighted by molar-refractivity contribution is 6.03. The molecule has 0 radical (unpaired) electrons. The van der Waals surface area contributed by atoms with Crippen molar-refractivity contribution in [3.8, 4) is 11.5 Å². The van der Waals surface area contributed by atoms with Crippen LogP contribution in [-0.4, -0.2) is 38.5 Å². The number of piperidine rings is 1. The number of para-hydroxylation sites is 2. The number of rotatable bonds is 5. The van der Waals surface area contributed by atoms with Gasteiger partial charge in [-0.15, -0.1) is 0 Å². The lowest BCUT2D eigenvalue weighted by atomic mass is 10.0. The number of nitrogens with one attached hydrogen (secondary N) is 2. The molecule has 1 aliphatic rings. The quantitative estimate of drug-likeness (QED) is 0.364. The van der Waals surface area contributed by atoms with Crippen molar-refractivity contribution in [1.82, 2.24) is 19.5 Å². The van der Waals surface area contributed by atoms with E-state index in [4.69, 9.17) is 4.42 Å². The maximum Gasteiger partial charge on any atom is 0.326 e. The van der Waals surface area contributed by atoms with Crippen LogP contribution in [0.1, 0.15) is 35.1 Å². The molecule has 4 heterocycles. The SMILES string of the molecule is Cc1nc(-c2ccccc2)oc1C(=O)Nc1ccc(N2CCC(n3c(=O)[nH]c4ccccc43)CC2)nc1. The van der Waals surface area contributed by atoms with E-state index in [1.807, 2.05) is 71.3 Å². The molecule has 0 saturated carbocycles. The summed E-state index contributed by atoms with van der Waals surface area (Å²) in [6.45, 7) is 3.32. The van der Waals surface area contributed by atoms with Gasteiger partial charge in [0, 0.05) is 24.7 Å². The summed E-state index contributed by atoms with van der Waals surface area (Å²) in [5, 5.41) is 2.85. The van der Waals surface area contributed by atoms with Crippen molar-refractivity contribution in [2.45, 2.75) is 25.8 Å². The monoisotopic (exact) mass is 494 g/mol. The van der Waals surface area contributed by atoms with Crippen molar-refractivity contribution >= 4 is 28.4 Å². The highest BCUT2D eigenvalue weighted by Crippen LogP contribution is 2.28. The Labute approximate surface area is 212 Å². The van der Waals surface area contributed by atoms with Gasteiger partial charge in [-0.2, -0.15) is 0 Å². The van der Waals surface area contributed by atoms with Gasteiger partial charge in [-0.3, -0.25) is 9.36 Å². The Morgan fingerprint density at radius 2 is 1.78 bits per heavy atom. The van der Waals surface area contributed by atoms with Gasteiger partial charge in [0.05, 0.1) is 28.6 Å². The van der Waals surface area contributed by atoms with Crippen LogP contribution in [0.3, 0.4) is 0 Å². The molecule has 6 rings (SSSR count). The largest absolute Gasteiger partial charge is 0.431 e. The Morgan fingerprint density at radius 3 is 2.54 bits per heavy atom. The van der Waals surface area contributed by atoms with Crippen LogP contribution < -0.4 is 15.9 Å². The summed E-state index contributed by atoms with van der Waals surface area (Å²) < 4.78 is 7.63. The number of H-pyrrole nitrogens is 1. The number of oxazole rings is 1. The van der Waals surface area contributed by atoms with Crippen LogP contribution in [0.4, 0.5) is 11.5 Å². The van der Waals surface area contributed by atoms with E-state index in [0.29, 0.717) is 17.3 Å². The summed E-state index contributed by atoms with van der Waals surface area (Å²) in [5.41, 5.74) is 3.67. The molecular weight excluding hydrogens is 468 g/mol. The summed E-state index contributed by atoms with van der Waals surface area (Å²) in [4.78, 5) is 39.5. The highest BCUT2D eigenvalue weighted by Gasteiger charge is 2.24. The van der Waals surface area contributed by atoms with Crippen molar-refractivity contribution < 1.29 is 9.21 Å². The van der Waals surface area contributed by atoms with Crippen LogP contribution in [0.2, 0.25) is 0 Å². The molecule has 0 spiro atoms. The van der Waals surface area contributed by atoms with Crippen molar-refractivity contribution in [2.75, 3.05) is 23.3 Å². The number of fused-ring (bicyclic) bond motifs is 1. The van der Waals surface area contributed by atoms with Gasteiger partial charge in [0.1, 0.15) is 5.82 Å². The Bertz CT molecular complexity index is 1610. The van der Waals surface area contributed by atoms with E-state index in [0.717, 1.165) is 48.3 Å². The lowest BCUT2D eigenvalue weighted by molar-refractivity contribution is 0.0996. The van der Waals surface area contributed by atoms with Crippen molar-refractivity contribution in [1.29, 1.82) is 0 Å². The molecule has 186 valence electrons. The number of benzene rings is 2. The van der Waals surface area contributed by atoms with E-state index in [-0.39, 0.29) is 23.4 Å². The second-order valence-corrected chi connectivity index (χ2v) is 9.19. The fourth-order valence-corrected chi connectivity index (χ4v) is 4.94. The second-order valence-electron chi connectivity index (χ2n) is 9.19. The van der Waals surface area contributed by atoms with Gasteiger partial charge < -0.3 is 19.6 Å². The first-order valence-electron chi connectivity index (χ1n) is 12.3. The molecule has 0 bridgehead atoms. The third-order valence-electron chi connectivity index (χ3n) is 6.81. The fourth-order valence-electron chi connectivity index (χ4n) is 4.94. The number of hydrogen-bond acceptors (Lipinski definition) is 6. The minimum atomic E-state index is -0.369. The topological polar surface area (TPSA) is 109 Å². The highest BCUT2D eigenvalue weighted by atomic mass is 16.4. The van der Waals surface area contributed by atoms with E-state index in [9.17, 15) is 9.59 Å². The average molecular weight is 495 g/mol. The molecule has 9 heteroatoms. The molecular formula is C28H26N6O3. The van der Waals surface area contributed by atoms with Gasteiger partial charge in [-0.1, -0.05) is 30.3 Å². The number of pyridine rings is 1. The molecule has 1 amide bonds. The molecule has 9 nitrogen and oxygen atoms in total. The Morgan fingerprint density at radius 1 is 1.03 bits per heavy atom. The first kappa shape index (κ1) is 22.8. The molecule has 0 atom stereocenters. The Kier molecular flexibility index (Phi) is 5.80. The number of anilines is 2. The third kappa shape index (κ3) is 4.40. The fraction of sp³-hybridized carbons (Fsp3) is 0.214. The molecule has 2 aromatic carbocycles. The number of nitrogens with zero attached hydrogens (tertiary/aromatic N) is 4. The first-order chi connectivity index (χ1) is 18.1. The number of carbonyl (C=O) groups is 1. The van der Waals surface area contributed by atoms with Gasteiger partial charge in [-0.05, 0) is 56.2 Å². The van der Waals surface area contributed by atoms with E-state index in [1.165, 1.54) is 0 Å². The number of aryl methyl sites for hydroxylation is 1. The maximum atomic E-state index is 12.8. The zero-order chi connectivity index (χ0) is 25.4. The second kappa shape index (κ2) is 9.42. The molecule has 0 unspecified atom stereocenters. The Balaban J connectivity index is 1.10. The van der Waals surface area contributed by atoms with Gasteiger partial charge in [-0.25, -0.2) is 14.8 Å². The number of hydrogen-bond donors (Lipinski definition) is 2. The first-order valence-corrected chi connectivity index (χ1v) is 12.3. The standard InChI is InChI=1S/C28H26N6O3/c1-18-25(37-27(30-18)19-7-3-2-4-8-19)26(35)31-20-11-12-24(29-17-20)33-15-13-21(14-16-33)34-23-10-6-5-9-22(23)32-28(34)36/h2-12,17,21H,13-16H2,1H3,(H,31,35)(H,32,36). The summed E-state index contributed by atoms with van der Waals surface area (Å²) in [6.07, 6.45) is 3.33. The maximum absolute atomic E-state index is 12.8. The van der Waals surface area contributed by atoms with Gasteiger partial charge in [0.2, 0.25) is 11.7 Å². The van der Waals surface area contributed by atoms with Crippen LogP contribution in [0.5, 0.6) is 0 Å². The summed E-state index contributed by atoms with van der Waals surface area (Å²) >= 11 is 0. The van der Waals surface area contributed by atoms with Gasteiger partial charge in [0.15, 0.2) is 0 Å². The Hall–Kier alpha value is -4.66. The van der Waals surface area contributed by atoms with Crippen molar-refractivity contribution in [2.24, 2.45) is 0 Å². The predicted octanol–water partition coefficient (Wildman–Crippen LogP) is 4.78. The number of imidazole rings is 1. The zero-order valence-corrected chi connectivity index (χ0v) is 20.3. The average Bonchev–Trinajstić information content (AvgIpc) is 3.49. The van der Waals surface area contributed by atoms with Crippen LogP contribution in [-0.2, 0) is 0 Å². The molecule has 1 fully saturated rings. The van der Waals surface area contributed by atoms with Gasteiger partial charge in [0.25, 0.3) is 5.91 Å². The molecule has 3 aromatic heterocycles. The zero-order valence-electron chi connectivity index (χ0n) is 20.3. The van der Waals surface area contributed by atoms with Crippen LogP contribution in [0.15, 0.2) is 82.1 Å². The molecule has 1 saturated heterocycles. The predicted molar refractivity (Wildman–Crippen MR) is 142 cm³/mol. The normalized spacial score (nSPS) is 14.2. The summed E-state index contributed by atoms with van der Waals surface area (Å²) in [5.74, 6) is 1.06. The molecule has 1 aliphatic heterocycles. The van der Waals surface area contributed by atoms with Crippen molar-refractivity contribution in [3.63, 3.8) is 0 Å². The van der Waals surface area contributed by atoms with E-state index in [1.54, 1.807) is 13.1 Å². The molecule has 2 N–H and O–H groups in total. The third-order valence-corrected chi connectivity index (χ3v) is 6.81. The van der Waals surface area contributed by atoms with E-state index in [2.05, 4.69) is 25.2 Å². The smallest absolute Gasteiger partial charge is 0.326 e. The van der Waals surface area contributed by atoms with E-state index >= 15 is 0 Å². The summed E-state index contributed by atoms with van der Waals surface area (Å²) in [6, 6.07) is 21.1. The number of aromatic nitrogens is 4. The number of carbonyl (C=O) groups excluding carboxylic acids is 1.